The number of nitrogens with one attached hydrogen (secondary N) is 1. The number of ether oxygens (including phenoxy) is 2. The smallest absolute Gasteiger partial charge is 0.448 e. The van der Waals surface area contributed by atoms with Gasteiger partial charge >= 0.3 is 12.1 Å². The van der Waals surface area contributed by atoms with E-state index in [1.807, 2.05) is 36.4 Å². The molecule has 3 N–H and O–H groups in total. The molecule has 3 fully saturated rings. The van der Waals surface area contributed by atoms with Gasteiger partial charge in [-0.15, -0.1) is 0 Å². The molecule has 3 saturated heterocycles. The van der Waals surface area contributed by atoms with Gasteiger partial charge in [-0.2, -0.15) is 23.1 Å². The minimum atomic E-state index is -5.31. The second-order valence-electron chi connectivity index (χ2n) is 13.1. The van der Waals surface area contributed by atoms with Gasteiger partial charge in [0.05, 0.1) is 12.9 Å². The fraction of sp³-hybridized carbons (Fsp3) is 0.486. The van der Waals surface area contributed by atoms with E-state index in [-0.39, 0.29) is 17.6 Å². The number of imidazole rings is 1. The predicted octanol–water partition coefficient (Wildman–Crippen LogP) is 3.86. The van der Waals surface area contributed by atoms with Crippen molar-refractivity contribution in [2.24, 2.45) is 0 Å². The average Bonchev–Trinajstić information content (AvgIpc) is 3.94. The van der Waals surface area contributed by atoms with Gasteiger partial charge in [0, 0.05) is 31.6 Å². The summed E-state index contributed by atoms with van der Waals surface area (Å²) < 4.78 is 51.8. The van der Waals surface area contributed by atoms with E-state index in [0.29, 0.717) is 30.4 Å². The normalized spacial score (nSPS) is 24.4. The lowest BCUT2D eigenvalue weighted by Crippen LogP contribution is -2.40. The number of aromatic nitrogens is 4. The number of likely N-dealkylation sites (tertiary alicyclic amines) is 1. The van der Waals surface area contributed by atoms with Crippen LogP contribution in [0.2, 0.25) is 0 Å². The van der Waals surface area contributed by atoms with Gasteiger partial charge in [0.15, 0.2) is 29.3 Å². The summed E-state index contributed by atoms with van der Waals surface area (Å²) in [4.78, 5) is 31.0. The topological polar surface area (TPSA) is 138 Å². The maximum absolute atomic E-state index is 13.3. The zero-order valence-electron chi connectivity index (χ0n) is 27.3. The van der Waals surface area contributed by atoms with Gasteiger partial charge in [-0.1, -0.05) is 60.7 Å². The van der Waals surface area contributed by atoms with Crippen LogP contribution >= 0.6 is 0 Å². The second-order valence-corrected chi connectivity index (χ2v) is 13.1. The molecule has 0 radical (unpaired) electrons. The number of esters is 1. The van der Waals surface area contributed by atoms with E-state index >= 15 is 0 Å². The quantitative estimate of drug-likeness (QED) is 0.197. The number of rotatable bonds is 11. The molecule has 15 heteroatoms. The van der Waals surface area contributed by atoms with Crippen LogP contribution in [0.4, 0.5) is 24.9 Å². The van der Waals surface area contributed by atoms with Crippen LogP contribution in [0.3, 0.4) is 0 Å². The van der Waals surface area contributed by atoms with Crippen LogP contribution < -0.4 is 10.2 Å². The third-order valence-electron chi connectivity index (χ3n) is 9.83. The average molecular weight is 696 g/mol. The minimum Gasteiger partial charge on any atom is -0.448 e. The predicted molar refractivity (Wildman–Crippen MR) is 178 cm³/mol. The molecule has 0 bridgehead atoms. The van der Waals surface area contributed by atoms with Crippen molar-refractivity contribution in [1.82, 2.24) is 24.4 Å². The molecule has 0 saturated carbocycles. The lowest BCUT2D eigenvalue weighted by Gasteiger charge is -2.29. The Morgan fingerprint density at radius 1 is 1.00 bits per heavy atom. The van der Waals surface area contributed by atoms with Gasteiger partial charge in [0.25, 0.3) is 0 Å². The Morgan fingerprint density at radius 3 is 2.32 bits per heavy atom. The third-order valence-corrected chi connectivity index (χ3v) is 9.83. The number of hydrogen-bond donors (Lipinski definition) is 3. The van der Waals surface area contributed by atoms with E-state index in [9.17, 15) is 28.2 Å². The molecule has 2 aromatic carbocycles. The molecule has 7 rings (SSSR count). The highest BCUT2D eigenvalue weighted by Gasteiger charge is 2.51. The van der Waals surface area contributed by atoms with E-state index in [4.69, 9.17) is 19.4 Å². The van der Waals surface area contributed by atoms with Crippen molar-refractivity contribution in [2.45, 2.75) is 68.4 Å². The van der Waals surface area contributed by atoms with E-state index in [0.717, 1.165) is 56.4 Å². The highest BCUT2D eigenvalue weighted by atomic mass is 19.4. The molecular weight excluding hydrogens is 655 g/mol. The third kappa shape index (κ3) is 6.99. The molecule has 0 unspecified atom stereocenters. The van der Waals surface area contributed by atoms with Crippen LogP contribution in [0.15, 0.2) is 67.0 Å². The first-order chi connectivity index (χ1) is 24.2. The van der Waals surface area contributed by atoms with Crippen molar-refractivity contribution in [2.75, 3.05) is 49.5 Å². The highest BCUT2D eigenvalue weighted by Crippen LogP contribution is 2.37. The van der Waals surface area contributed by atoms with Crippen LogP contribution in [0.25, 0.3) is 11.2 Å². The number of aliphatic hydroxyl groups is 2. The fourth-order valence-electron chi connectivity index (χ4n) is 7.30. The zero-order chi connectivity index (χ0) is 34.8. The number of anilines is 2. The Labute approximate surface area is 286 Å². The largest absolute Gasteiger partial charge is 0.490 e. The lowest BCUT2D eigenvalue weighted by molar-refractivity contribution is -0.211. The molecule has 4 aromatic rings. The Bertz CT molecular complexity index is 1720. The Morgan fingerprint density at radius 2 is 1.68 bits per heavy atom. The van der Waals surface area contributed by atoms with Crippen LogP contribution in [-0.4, -0.2) is 110 Å². The van der Waals surface area contributed by atoms with Gasteiger partial charge in [-0.3, -0.25) is 4.57 Å². The Balaban J connectivity index is 1.28. The van der Waals surface area contributed by atoms with E-state index in [1.54, 1.807) is 0 Å². The second kappa shape index (κ2) is 14.5. The van der Waals surface area contributed by atoms with Crippen LogP contribution in [-0.2, 0) is 14.3 Å². The van der Waals surface area contributed by atoms with Gasteiger partial charge < -0.3 is 34.8 Å². The van der Waals surface area contributed by atoms with Gasteiger partial charge in [-0.25, -0.2) is 9.78 Å². The molecule has 3 aliphatic heterocycles. The molecular formula is C35H40F3N7O5. The maximum atomic E-state index is 13.3. The highest BCUT2D eigenvalue weighted by molar-refractivity contribution is 5.84. The molecule has 3 aliphatic rings. The minimum absolute atomic E-state index is 0.0626. The molecule has 5 atom stereocenters. The summed E-state index contributed by atoms with van der Waals surface area (Å²) in [6.45, 7) is 3.36. The molecule has 0 spiro atoms. The van der Waals surface area contributed by atoms with E-state index < -0.39 is 43.3 Å². The SMILES string of the molecule is O=C(O[C@@H]1[C@H](O)[C@@H](CO)O[C@H]1n1cnc2c(NCC(c3ccccc3)c3ccccc3)nc(N3CCC[C@H]3CN3CCCC3)nc21)C(F)(F)F. The number of carbonyl (C=O) groups excluding carboxylic acids is 1. The monoisotopic (exact) mass is 695 g/mol. The number of halogens is 3. The van der Waals surface area contributed by atoms with Crippen molar-refractivity contribution in [1.29, 1.82) is 0 Å². The standard InChI is InChI=1S/C35H40F3N7O5/c36-35(37,38)33(48)50-29-28(47)26(20-46)49-32(29)45-21-40-27-30(39-18-25(22-10-3-1-4-11-22)23-12-5-2-6-13-23)41-34(42-31(27)45)44-17-9-14-24(44)19-43-15-7-8-16-43/h1-6,10-13,21,24-26,28-29,32,46-47H,7-9,14-20H2,(H,39,41,42)/t24-,26+,28+,29+,32+/m0/s1. The Hall–Kier alpha value is -4.31. The number of carbonyl (C=O) groups is 1. The molecule has 0 amide bonds. The van der Waals surface area contributed by atoms with E-state index in [2.05, 4.69) is 44.4 Å². The fourth-order valence-corrected chi connectivity index (χ4v) is 7.30. The van der Waals surface area contributed by atoms with Crippen LogP contribution in [0, 0.1) is 0 Å². The first kappa shape index (κ1) is 34.2. The summed E-state index contributed by atoms with van der Waals surface area (Å²) in [5, 5.41) is 24.1. The van der Waals surface area contributed by atoms with E-state index in [1.165, 1.54) is 10.9 Å². The molecule has 266 valence electrons. The summed E-state index contributed by atoms with van der Waals surface area (Å²) in [6, 6.07) is 20.3. The number of benzene rings is 2. The van der Waals surface area contributed by atoms with Crippen LogP contribution in [0.1, 0.15) is 49.0 Å². The lowest BCUT2D eigenvalue weighted by atomic mass is 9.91. The summed E-state index contributed by atoms with van der Waals surface area (Å²) in [5.74, 6) is -1.72. The summed E-state index contributed by atoms with van der Waals surface area (Å²) in [6.07, 6.45) is -6.09. The van der Waals surface area contributed by atoms with Gasteiger partial charge in [0.1, 0.15) is 12.2 Å². The van der Waals surface area contributed by atoms with Crippen molar-refractivity contribution in [3.8, 4) is 0 Å². The van der Waals surface area contributed by atoms with Crippen molar-refractivity contribution in [3.05, 3.63) is 78.1 Å². The first-order valence-corrected chi connectivity index (χ1v) is 17.0. The number of aliphatic hydroxyl groups excluding tert-OH is 2. The molecule has 50 heavy (non-hydrogen) atoms. The molecule has 12 nitrogen and oxygen atoms in total. The van der Waals surface area contributed by atoms with Crippen molar-refractivity contribution in [3.63, 3.8) is 0 Å². The van der Waals surface area contributed by atoms with Crippen LogP contribution in [0.5, 0.6) is 0 Å². The number of hydrogen-bond acceptors (Lipinski definition) is 11. The molecule has 0 aliphatic carbocycles. The van der Waals surface area contributed by atoms with Crippen molar-refractivity contribution >= 4 is 28.9 Å². The maximum Gasteiger partial charge on any atom is 0.490 e. The summed E-state index contributed by atoms with van der Waals surface area (Å²) in [5.41, 5.74) is 2.70. The van der Waals surface area contributed by atoms with Gasteiger partial charge in [0.2, 0.25) is 5.95 Å². The zero-order valence-corrected chi connectivity index (χ0v) is 27.3. The van der Waals surface area contributed by atoms with Crippen molar-refractivity contribution < 1.29 is 37.7 Å². The number of fused-ring (bicyclic) bond motifs is 1. The molecule has 2 aromatic heterocycles. The summed E-state index contributed by atoms with van der Waals surface area (Å²) in [7, 11) is 0. The Kier molecular flexibility index (Phi) is 9.91. The summed E-state index contributed by atoms with van der Waals surface area (Å²) >= 11 is 0. The number of nitrogens with zero attached hydrogens (tertiary/aromatic N) is 6. The van der Waals surface area contributed by atoms with Gasteiger partial charge in [-0.05, 0) is 49.9 Å². The number of alkyl halides is 3. The first-order valence-electron chi connectivity index (χ1n) is 17.0. The molecule has 5 heterocycles.